The van der Waals surface area contributed by atoms with E-state index < -0.39 is 10.0 Å². The second-order valence-corrected chi connectivity index (χ2v) is 10.0. The molecule has 2 atom stereocenters. The molecule has 3 nitrogen and oxygen atoms in total. The zero-order valence-electron chi connectivity index (χ0n) is 9.73. The van der Waals surface area contributed by atoms with Gasteiger partial charge in [-0.15, -0.1) is 11.3 Å². The van der Waals surface area contributed by atoms with Gasteiger partial charge in [0.15, 0.2) is 0 Å². The van der Waals surface area contributed by atoms with Crippen molar-refractivity contribution < 1.29 is 8.42 Å². The predicted molar refractivity (Wildman–Crippen MR) is 81.9 cm³/mol. The Hall–Kier alpha value is 0.570. The SMILES string of the molecule is O=S(=O)(NC1CCCCCC1Br)c1ccc(Br)s1. The van der Waals surface area contributed by atoms with Gasteiger partial charge < -0.3 is 0 Å². The number of hydrogen-bond donors (Lipinski definition) is 1. The molecular formula is C11H15Br2NO2S2. The van der Waals surface area contributed by atoms with Crippen molar-refractivity contribution >= 4 is 53.2 Å². The Morgan fingerprint density at radius 1 is 1.22 bits per heavy atom. The van der Waals surface area contributed by atoms with Gasteiger partial charge in [0, 0.05) is 10.9 Å². The normalized spacial score (nSPS) is 25.9. The Kier molecular flexibility index (Phi) is 5.28. The summed E-state index contributed by atoms with van der Waals surface area (Å²) < 4.78 is 28.5. The van der Waals surface area contributed by atoms with Crippen molar-refractivity contribution in [2.75, 3.05) is 0 Å². The smallest absolute Gasteiger partial charge is 0.206 e. The summed E-state index contributed by atoms with van der Waals surface area (Å²) in [4.78, 5) is 0.234. The summed E-state index contributed by atoms with van der Waals surface area (Å²) in [5, 5.41) is 0. The molecular weight excluding hydrogens is 402 g/mol. The molecule has 1 aliphatic carbocycles. The number of hydrogen-bond acceptors (Lipinski definition) is 3. The van der Waals surface area contributed by atoms with Gasteiger partial charge in [-0.2, -0.15) is 0 Å². The van der Waals surface area contributed by atoms with Crippen LogP contribution in [0.4, 0.5) is 0 Å². The van der Waals surface area contributed by atoms with Crippen LogP contribution in [0.25, 0.3) is 0 Å². The summed E-state index contributed by atoms with van der Waals surface area (Å²) in [5.74, 6) is 0. The standard InChI is InChI=1S/C11H15Br2NO2S2/c12-8-4-2-1-3-5-9(8)14-18(15,16)11-7-6-10(13)17-11/h6-9,14H,1-5H2. The van der Waals surface area contributed by atoms with Gasteiger partial charge in [-0.1, -0.05) is 35.2 Å². The van der Waals surface area contributed by atoms with Crippen LogP contribution in [-0.2, 0) is 10.0 Å². The van der Waals surface area contributed by atoms with Crippen LogP contribution in [0.15, 0.2) is 20.1 Å². The molecule has 0 aliphatic heterocycles. The first kappa shape index (κ1) is 15.0. The van der Waals surface area contributed by atoms with Crippen LogP contribution in [0.1, 0.15) is 32.1 Å². The van der Waals surface area contributed by atoms with Gasteiger partial charge in [0.2, 0.25) is 10.0 Å². The third-order valence-corrected chi connectivity index (χ3v) is 7.75. The fourth-order valence-corrected chi connectivity index (χ4v) is 6.33. The topological polar surface area (TPSA) is 46.2 Å². The number of alkyl halides is 1. The Balaban J connectivity index is 2.11. The molecule has 0 amide bonds. The molecule has 1 heterocycles. The van der Waals surface area contributed by atoms with E-state index in [1.165, 1.54) is 24.2 Å². The first-order valence-corrected chi connectivity index (χ1v) is 9.91. The lowest BCUT2D eigenvalue weighted by Gasteiger charge is -2.20. The van der Waals surface area contributed by atoms with Crippen LogP contribution in [0.2, 0.25) is 0 Å². The Bertz CT molecular complexity index is 501. The number of rotatable bonds is 3. The van der Waals surface area contributed by atoms with Crippen molar-refractivity contribution in [2.45, 2.75) is 47.2 Å². The van der Waals surface area contributed by atoms with Crippen molar-refractivity contribution in [1.82, 2.24) is 4.72 Å². The molecule has 0 bridgehead atoms. The lowest BCUT2D eigenvalue weighted by molar-refractivity contribution is 0.522. The van der Waals surface area contributed by atoms with Gasteiger partial charge >= 0.3 is 0 Å². The van der Waals surface area contributed by atoms with Crippen molar-refractivity contribution in [2.24, 2.45) is 0 Å². The average molecular weight is 417 g/mol. The highest BCUT2D eigenvalue weighted by Gasteiger charge is 2.27. The second-order valence-electron chi connectivity index (χ2n) is 4.44. The van der Waals surface area contributed by atoms with Crippen molar-refractivity contribution in [3.63, 3.8) is 0 Å². The molecule has 1 saturated carbocycles. The van der Waals surface area contributed by atoms with E-state index in [0.717, 1.165) is 23.0 Å². The molecule has 0 saturated heterocycles. The minimum atomic E-state index is -3.38. The van der Waals surface area contributed by atoms with Crippen molar-refractivity contribution in [1.29, 1.82) is 0 Å². The lowest BCUT2D eigenvalue weighted by atomic mass is 10.1. The number of sulfonamides is 1. The largest absolute Gasteiger partial charge is 0.250 e. The second kappa shape index (κ2) is 6.35. The first-order valence-electron chi connectivity index (χ1n) is 5.91. The van der Waals surface area contributed by atoms with Crippen LogP contribution >= 0.6 is 43.2 Å². The molecule has 18 heavy (non-hydrogen) atoms. The maximum atomic E-state index is 12.2. The summed E-state index contributed by atoms with van der Waals surface area (Å²) in [7, 11) is -3.38. The fraction of sp³-hybridized carbons (Fsp3) is 0.636. The lowest BCUT2D eigenvalue weighted by Crippen LogP contribution is -2.39. The van der Waals surface area contributed by atoms with Gasteiger partial charge in [-0.05, 0) is 40.9 Å². The van der Waals surface area contributed by atoms with Crippen LogP contribution in [0.5, 0.6) is 0 Å². The molecule has 7 heteroatoms. The highest BCUT2D eigenvalue weighted by molar-refractivity contribution is 9.11. The van der Waals surface area contributed by atoms with Gasteiger partial charge in [-0.25, -0.2) is 13.1 Å². The van der Waals surface area contributed by atoms with E-state index in [-0.39, 0.29) is 10.9 Å². The third-order valence-electron chi connectivity index (χ3n) is 3.05. The van der Waals surface area contributed by atoms with E-state index >= 15 is 0 Å². The number of nitrogens with one attached hydrogen (secondary N) is 1. The van der Waals surface area contributed by atoms with Gasteiger partial charge in [-0.3, -0.25) is 0 Å². The summed E-state index contributed by atoms with van der Waals surface area (Å²) >= 11 is 8.13. The molecule has 1 fully saturated rings. The minimum Gasteiger partial charge on any atom is -0.206 e. The monoisotopic (exact) mass is 415 g/mol. The summed E-state index contributed by atoms with van der Waals surface area (Å²) in [6, 6.07) is 3.40. The van der Waals surface area contributed by atoms with E-state index in [9.17, 15) is 8.42 Å². The maximum absolute atomic E-state index is 12.2. The molecule has 2 unspecified atom stereocenters. The third kappa shape index (κ3) is 3.79. The van der Waals surface area contributed by atoms with E-state index in [1.54, 1.807) is 12.1 Å². The van der Waals surface area contributed by atoms with E-state index in [1.807, 2.05) is 0 Å². The van der Waals surface area contributed by atoms with E-state index in [4.69, 9.17) is 0 Å². The molecule has 102 valence electrons. The predicted octanol–water partition coefficient (Wildman–Crippen LogP) is 3.89. The molecule has 1 aromatic rings. The molecule has 0 spiro atoms. The van der Waals surface area contributed by atoms with E-state index in [0.29, 0.717) is 4.21 Å². The minimum absolute atomic E-state index is 0.00150. The highest BCUT2D eigenvalue weighted by atomic mass is 79.9. The van der Waals surface area contributed by atoms with Crippen LogP contribution in [0, 0.1) is 0 Å². The summed E-state index contributed by atoms with van der Waals surface area (Å²) in [6.07, 6.45) is 5.37. The number of halogens is 2. The van der Waals surface area contributed by atoms with Crippen molar-refractivity contribution in [3.05, 3.63) is 15.9 Å². The van der Waals surface area contributed by atoms with Crippen LogP contribution < -0.4 is 4.72 Å². The van der Waals surface area contributed by atoms with Crippen LogP contribution in [0.3, 0.4) is 0 Å². The van der Waals surface area contributed by atoms with Gasteiger partial charge in [0.05, 0.1) is 3.79 Å². The first-order chi connectivity index (χ1) is 8.49. The summed E-state index contributed by atoms with van der Waals surface area (Å²) in [5.41, 5.74) is 0. The molecule has 1 aromatic heterocycles. The number of thiophene rings is 1. The quantitative estimate of drug-likeness (QED) is 0.600. The van der Waals surface area contributed by atoms with Crippen molar-refractivity contribution in [3.8, 4) is 0 Å². The van der Waals surface area contributed by atoms with Crippen LogP contribution in [-0.4, -0.2) is 19.3 Å². The molecule has 2 rings (SSSR count). The maximum Gasteiger partial charge on any atom is 0.250 e. The molecule has 0 radical (unpaired) electrons. The Morgan fingerprint density at radius 2 is 1.94 bits per heavy atom. The molecule has 1 N–H and O–H groups in total. The summed E-state index contributed by atoms with van der Waals surface area (Å²) in [6.45, 7) is 0. The zero-order chi connectivity index (χ0) is 13.2. The molecule has 1 aliphatic rings. The van der Waals surface area contributed by atoms with E-state index in [2.05, 4.69) is 36.6 Å². The zero-order valence-corrected chi connectivity index (χ0v) is 14.5. The Morgan fingerprint density at radius 3 is 2.61 bits per heavy atom. The molecule has 0 aromatic carbocycles. The average Bonchev–Trinajstić information content (AvgIpc) is 2.65. The Labute approximate surface area is 129 Å². The van der Waals surface area contributed by atoms with Gasteiger partial charge in [0.25, 0.3) is 0 Å². The highest BCUT2D eigenvalue weighted by Crippen LogP contribution is 2.28. The fourth-order valence-electron chi connectivity index (χ4n) is 2.09. The van der Waals surface area contributed by atoms with Gasteiger partial charge in [0.1, 0.15) is 4.21 Å².